The summed E-state index contributed by atoms with van der Waals surface area (Å²) in [7, 11) is -3.27. The van der Waals surface area contributed by atoms with Crippen LogP contribution in [-0.2, 0) is 22.9 Å². The highest BCUT2D eigenvalue weighted by Crippen LogP contribution is 2.17. The van der Waals surface area contributed by atoms with Crippen LogP contribution >= 0.6 is 11.3 Å². The van der Waals surface area contributed by atoms with Crippen molar-refractivity contribution < 1.29 is 13.2 Å². The van der Waals surface area contributed by atoms with Crippen LogP contribution in [0.4, 0.5) is 0 Å². The van der Waals surface area contributed by atoms with Gasteiger partial charge in [-0.1, -0.05) is 30.3 Å². The van der Waals surface area contributed by atoms with Crippen molar-refractivity contribution in [2.75, 3.05) is 12.3 Å². The molecule has 0 fully saturated rings. The highest BCUT2D eigenvalue weighted by Gasteiger charge is 2.10. The molecule has 0 aliphatic rings. The highest BCUT2D eigenvalue weighted by atomic mass is 32.2. The number of hydrogen-bond donors (Lipinski definition) is 1. The van der Waals surface area contributed by atoms with Crippen LogP contribution in [-0.4, -0.2) is 26.5 Å². The summed E-state index contributed by atoms with van der Waals surface area (Å²) in [4.78, 5) is 12.9. The van der Waals surface area contributed by atoms with Gasteiger partial charge < -0.3 is 0 Å². The monoisotopic (exact) mass is 337 g/mol. The second-order valence-corrected chi connectivity index (χ2v) is 8.12. The first kappa shape index (κ1) is 16.9. The van der Waals surface area contributed by atoms with Gasteiger partial charge in [0, 0.05) is 11.4 Å². The number of hydrogen-bond acceptors (Lipinski definition) is 4. The van der Waals surface area contributed by atoms with Crippen molar-refractivity contribution in [2.24, 2.45) is 0 Å². The van der Waals surface area contributed by atoms with Gasteiger partial charge in [0.25, 0.3) is 0 Å². The van der Waals surface area contributed by atoms with Crippen molar-refractivity contribution in [1.29, 1.82) is 0 Å². The van der Waals surface area contributed by atoms with Crippen molar-refractivity contribution in [3.8, 4) is 0 Å². The van der Waals surface area contributed by atoms with Crippen molar-refractivity contribution in [1.82, 2.24) is 4.72 Å². The molecular formula is C16H19NO3S2. The van der Waals surface area contributed by atoms with Crippen LogP contribution in [0.1, 0.15) is 27.0 Å². The number of rotatable bonds is 8. The fraction of sp³-hybridized carbons (Fsp3) is 0.312. The van der Waals surface area contributed by atoms with E-state index >= 15 is 0 Å². The lowest BCUT2D eigenvalue weighted by Gasteiger charge is -2.06. The number of carbonyl (C=O) groups is 1. The SMILES string of the molecule is CC(=O)c1ccc(CCNS(=O)(=O)CCc2ccccc2)s1. The molecule has 4 nitrogen and oxygen atoms in total. The van der Waals surface area contributed by atoms with E-state index in [4.69, 9.17) is 0 Å². The van der Waals surface area contributed by atoms with Gasteiger partial charge in [-0.25, -0.2) is 13.1 Å². The van der Waals surface area contributed by atoms with E-state index in [0.717, 1.165) is 10.4 Å². The van der Waals surface area contributed by atoms with Gasteiger partial charge >= 0.3 is 0 Å². The van der Waals surface area contributed by atoms with E-state index in [0.29, 0.717) is 24.3 Å². The minimum Gasteiger partial charge on any atom is -0.294 e. The number of ketones is 1. The Morgan fingerprint density at radius 3 is 2.45 bits per heavy atom. The maximum Gasteiger partial charge on any atom is 0.211 e. The summed E-state index contributed by atoms with van der Waals surface area (Å²) in [5, 5.41) is 0. The van der Waals surface area contributed by atoms with E-state index in [1.54, 1.807) is 6.07 Å². The molecule has 0 amide bonds. The lowest BCUT2D eigenvalue weighted by molar-refractivity contribution is 0.102. The summed E-state index contributed by atoms with van der Waals surface area (Å²) in [5.41, 5.74) is 1.01. The fourth-order valence-corrected chi connectivity index (χ4v) is 3.96. The summed E-state index contributed by atoms with van der Waals surface area (Å²) >= 11 is 1.42. The van der Waals surface area contributed by atoms with E-state index in [1.165, 1.54) is 18.3 Å². The first-order valence-corrected chi connectivity index (χ1v) is 9.54. The molecule has 1 aromatic carbocycles. The lowest BCUT2D eigenvalue weighted by atomic mass is 10.2. The molecule has 118 valence electrons. The molecule has 1 N–H and O–H groups in total. The highest BCUT2D eigenvalue weighted by molar-refractivity contribution is 7.89. The summed E-state index contributed by atoms with van der Waals surface area (Å²) in [6.45, 7) is 1.89. The average molecular weight is 337 g/mol. The molecule has 0 saturated carbocycles. The van der Waals surface area contributed by atoms with Crippen LogP contribution in [0.25, 0.3) is 0 Å². The number of benzene rings is 1. The molecule has 0 aliphatic heterocycles. The van der Waals surface area contributed by atoms with E-state index < -0.39 is 10.0 Å². The maximum atomic E-state index is 11.9. The molecule has 1 aromatic heterocycles. The minimum atomic E-state index is -3.27. The van der Waals surface area contributed by atoms with Crippen LogP contribution in [0.2, 0.25) is 0 Å². The molecular weight excluding hydrogens is 318 g/mol. The Bertz CT molecular complexity index is 721. The quantitative estimate of drug-likeness (QED) is 0.753. The second kappa shape index (κ2) is 7.67. The molecule has 2 rings (SSSR count). The molecule has 0 bridgehead atoms. The van der Waals surface area contributed by atoms with Crippen molar-refractivity contribution in [3.05, 3.63) is 57.8 Å². The smallest absolute Gasteiger partial charge is 0.211 e. The number of nitrogens with one attached hydrogen (secondary N) is 1. The summed E-state index contributed by atoms with van der Waals surface area (Å²) < 4.78 is 26.5. The van der Waals surface area contributed by atoms with Crippen molar-refractivity contribution in [2.45, 2.75) is 19.8 Å². The zero-order valence-electron chi connectivity index (χ0n) is 12.4. The van der Waals surface area contributed by atoms with E-state index in [9.17, 15) is 13.2 Å². The average Bonchev–Trinajstić information content (AvgIpc) is 2.95. The molecule has 1 heterocycles. The molecule has 0 spiro atoms. The number of carbonyl (C=O) groups excluding carboxylic acids is 1. The van der Waals surface area contributed by atoms with E-state index in [1.807, 2.05) is 36.4 Å². The Hall–Kier alpha value is -1.50. The van der Waals surface area contributed by atoms with Gasteiger partial charge in [-0.2, -0.15) is 0 Å². The van der Waals surface area contributed by atoms with Crippen molar-refractivity contribution >= 4 is 27.1 Å². The largest absolute Gasteiger partial charge is 0.294 e. The number of thiophene rings is 1. The zero-order valence-corrected chi connectivity index (χ0v) is 14.0. The third kappa shape index (κ3) is 5.36. The van der Waals surface area contributed by atoms with Gasteiger partial charge in [0.05, 0.1) is 10.6 Å². The predicted octanol–water partition coefficient (Wildman–Crippen LogP) is 2.66. The van der Waals surface area contributed by atoms with Gasteiger partial charge in [-0.15, -0.1) is 11.3 Å². The lowest BCUT2D eigenvalue weighted by Crippen LogP contribution is -2.29. The van der Waals surface area contributed by atoms with Crippen LogP contribution in [0, 0.1) is 0 Å². The minimum absolute atomic E-state index is 0.0414. The number of Topliss-reactive ketones (excluding diaryl/α,β-unsaturated/α-hetero) is 1. The fourth-order valence-electron chi connectivity index (χ4n) is 2.00. The molecule has 0 radical (unpaired) electrons. The van der Waals surface area contributed by atoms with Gasteiger partial charge in [-0.3, -0.25) is 4.79 Å². The Morgan fingerprint density at radius 1 is 1.09 bits per heavy atom. The Labute approximate surface area is 135 Å². The predicted molar refractivity (Wildman–Crippen MR) is 90.0 cm³/mol. The standard InChI is InChI=1S/C16H19NO3S2/c1-13(18)16-8-7-15(21-16)9-11-17-22(19,20)12-10-14-5-3-2-4-6-14/h2-8,17H,9-12H2,1H3. The molecule has 0 unspecified atom stereocenters. The van der Waals surface area contributed by atoms with Crippen LogP contribution in [0.5, 0.6) is 0 Å². The molecule has 6 heteroatoms. The van der Waals surface area contributed by atoms with Gasteiger partial charge in [-0.05, 0) is 37.5 Å². The first-order chi connectivity index (χ1) is 10.5. The molecule has 22 heavy (non-hydrogen) atoms. The third-order valence-electron chi connectivity index (χ3n) is 3.20. The Kier molecular flexibility index (Phi) is 5.88. The summed E-state index contributed by atoms with van der Waals surface area (Å²) in [6.07, 6.45) is 1.10. The van der Waals surface area contributed by atoms with Crippen LogP contribution < -0.4 is 4.72 Å². The number of sulfonamides is 1. The molecule has 2 aromatic rings. The Morgan fingerprint density at radius 2 is 1.82 bits per heavy atom. The van der Waals surface area contributed by atoms with Crippen LogP contribution in [0.3, 0.4) is 0 Å². The topological polar surface area (TPSA) is 63.2 Å². The summed E-state index contributed by atoms with van der Waals surface area (Å²) in [6, 6.07) is 13.2. The Balaban J connectivity index is 1.78. The first-order valence-electron chi connectivity index (χ1n) is 7.07. The molecule has 0 aliphatic carbocycles. The van der Waals surface area contributed by atoms with Gasteiger partial charge in [0.15, 0.2) is 5.78 Å². The second-order valence-electron chi connectivity index (χ2n) is 5.02. The maximum absolute atomic E-state index is 11.9. The van der Waals surface area contributed by atoms with Crippen LogP contribution in [0.15, 0.2) is 42.5 Å². The van der Waals surface area contributed by atoms with Crippen molar-refractivity contribution in [3.63, 3.8) is 0 Å². The number of aryl methyl sites for hydroxylation is 1. The molecule has 0 saturated heterocycles. The van der Waals surface area contributed by atoms with E-state index in [-0.39, 0.29) is 11.5 Å². The zero-order chi connectivity index (χ0) is 16.0. The molecule has 0 atom stereocenters. The normalized spacial score (nSPS) is 11.5. The van der Waals surface area contributed by atoms with E-state index in [2.05, 4.69) is 4.72 Å². The van der Waals surface area contributed by atoms with Gasteiger partial charge in [0.2, 0.25) is 10.0 Å². The third-order valence-corrected chi connectivity index (χ3v) is 5.84. The van der Waals surface area contributed by atoms with Gasteiger partial charge in [0.1, 0.15) is 0 Å². The summed E-state index contributed by atoms with van der Waals surface area (Å²) in [5.74, 6) is 0.125.